The summed E-state index contributed by atoms with van der Waals surface area (Å²) in [5.74, 6) is -0.275. The third-order valence-electron chi connectivity index (χ3n) is 2.76. The van der Waals surface area contributed by atoms with Gasteiger partial charge < -0.3 is 10.4 Å². The maximum Gasteiger partial charge on any atom is 0.335 e. The number of aromatic nitrogens is 3. The predicted molar refractivity (Wildman–Crippen MR) is 74.6 cm³/mol. The van der Waals surface area contributed by atoms with Crippen molar-refractivity contribution in [3.63, 3.8) is 0 Å². The van der Waals surface area contributed by atoms with Crippen LogP contribution in [0.15, 0.2) is 30.5 Å². The van der Waals surface area contributed by atoms with Gasteiger partial charge in [-0.1, -0.05) is 13.8 Å². The topological polar surface area (TPSA) is 88.0 Å². The van der Waals surface area contributed by atoms with Gasteiger partial charge in [0.05, 0.1) is 17.8 Å². The molecule has 2 aromatic heterocycles. The predicted octanol–water partition coefficient (Wildman–Crippen LogP) is 2.31. The zero-order valence-corrected chi connectivity index (χ0v) is 11.4. The Bertz CT molecular complexity index is 599. The highest BCUT2D eigenvalue weighted by atomic mass is 16.4. The monoisotopic (exact) mass is 272 g/mol. The van der Waals surface area contributed by atoms with Crippen LogP contribution < -0.4 is 5.32 Å². The lowest BCUT2D eigenvalue weighted by atomic mass is 10.1. The van der Waals surface area contributed by atoms with Crippen LogP contribution in [0.1, 0.15) is 41.5 Å². The van der Waals surface area contributed by atoms with Gasteiger partial charge in [-0.05, 0) is 30.2 Å². The molecule has 6 nitrogen and oxygen atoms in total. The second kappa shape index (κ2) is 6.10. The molecule has 0 saturated carbocycles. The average molecular weight is 272 g/mol. The molecule has 0 bridgehead atoms. The number of carboxylic acid groups (broad SMARTS) is 1. The van der Waals surface area contributed by atoms with Crippen LogP contribution in [0.4, 0.5) is 5.82 Å². The molecule has 6 heteroatoms. The minimum absolute atomic E-state index is 0.159. The Balaban J connectivity index is 2.20. The van der Waals surface area contributed by atoms with Gasteiger partial charge in [0.25, 0.3) is 0 Å². The van der Waals surface area contributed by atoms with Crippen molar-refractivity contribution >= 4 is 11.8 Å². The maximum atomic E-state index is 11.1. The van der Waals surface area contributed by atoms with E-state index in [1.165, 1.54) is 6.07 Å². The van der Waals surface area contributed by atoms with E-state index in [-0.39, 0.29) is 11.5 Å². The summed E-state index contributed by atoms with van der Waals surface area (Å²) >= 11 is 0. The van der Waals surface area contributed by atoms with E-state index in [4.69, 9.17) is 5.11 Å². The Labute approximate surface area is 116 Å². The Morgan fingerprint density at radius 2 is 2.20 bits per heavy atom. The van der Waals surface area contributed by atoms with E-state index >= 15 is 0 Å². The number of nitrogens with zero attached hydrogens (tertiary/aromatic N) is 3. The minimum atomic E-state index is -0.961. The van der Waals surface area contributed by atoms with E-state index in [0.717, 1.165) is 11.4 Å². The summed E-state index contributed by atoms with van der Waals surface area (Å²) in [5, 5.41) is 19.9. The largest absolute Gasteiger partial charge is 0.478 e. The molecule has 2 aromatic rings. The number of anilines is 1. The second-order valence-corrected chi connectivity index (χ2v) is 4.69. The van der Waals surface area contributed by atoms with Gasteiger partial charge in [-0.25, -0.2) is 9.78 Å². The van der Waals surface area contributed by atoms with Gasteiger partial charge in [-0.15, -0.1) is 0 Å². The highest BCUT2D eigenvalue weighted by Gasteiger charge is 2.10. The minimum Gasteiger partial charge on any atom is -0.478 e. The maximum absolute atomic E-state index is 11.1. The van der Waals surface area contributed by atoms with E-state index in [1.807, 2.05) is 19.9 Å². The smallest absolute Gasteiger partial charge is 0.335 e. The van der Waals surface area contributed by atoms with Crippen LogP contribution >= 0.6 is 0 Å². The van der Waals surface area contributed by atoms with Crippen molar-refractivity contribution in [1.82, 2.24) is 15.2 Å². The van der Waals surface area contributed by atoms with Crippen LogP contribution in [-0.2, 0) is 6.54 Å². The molecule has 0 radical (unpaired) electrons. The number of hydrogen-bond donors (Lipinski definition) is 2. The number of carboxylic acids is 1. The molecule has 2 heterocycles. The molecule has 0 spiro atoms. The van der Waals surface area contributed by atoms with Gasteiger partial charge in [-0.3, -0.25) is 0 Å². The normalized spacial score (nSPS) is 10.6. The van der Waals surface area contributed by atoms with Crippen molar-refractivity contribution in [2.45, 2.75) is 26.3 Å². The lowest BCUT2D eigenvalue weighted by Crippen LogP contribution is -2.08. The molecule has 2 rings (SSSR count). The molecular formula is C14H16N4O2. The summed E-state index contributed by atoms with van der Waals surface area (Å²) in [6.45, 7) is 4.39. The Kier molecular flexibility index (Phi) is 4.24. The number of pyridine rings is 1. The van der Waals surface area contributed by atoms with Gasteiger partial charge in [0, 0.05) is 11.9 Å². The van der Waals surface area contributed by atoms with E-state index < -0.39 is 5.97 Å². The molecule has 0 aliphatic rings. The zero-order chi connectivity index (χ0) is 14.5. The van der Waals surface area contributed by atoms with Crippen molar-refractivity contribution in [2.24, 2.45) is 0 Å². The van der Waals surface area contributed by atoms with Crippen molar-refractivity contribution in [3.05, 3.63) is 47.4 Å². The number of carbonyl (C=O) groups is 1. The fourth-order valence-electron chi connectivity index (χ4n) is 1.67. The molecule has 20 heavy (non-hydrogen) atoms. The standard InChI is InChI=1S/C14H16N4O2/c1-9(2)12-6-10(14(19)20)7-13(17-12)15-8-11-4-3-5-16-18-11/h3-7,9H,8H2,1-2H3,(H,15,17)(H,19,20). The summed E-state index contributed by atoms with van der Waals surface area (Å²) in [5.41, 5.74) is 1.73. The molecule has 104 valence electrons. The van der Waals surface area contributed by atoms with Crippen molar-refractivity contribution < 1.29 is 9.90 Å². The van der Waals surface area contributed by atoms with Crippen LogP contribution in [0.3, 0.4) is 0 Å². The van der Waals surface area contributed by atoms with E-state index in [0.29, 0.717) is 12.4 Å². The van der Waals surface area contributed by atoms with Crippen molar-refractivity contribution in [2.75, 3.05) is 5.32 Å². The summed E-state index contributed by atoms with van der Waals surface area (Å²) < 4.78 is 0. The number of rotatable bonds is 5. The fourth-order valence-corrected chi connectivity index (χ4v) is 1.67. The van der Waals surface area contributed by atoms with Crippen LogP contribution in [0, 0.1) is 0 Å². The average Bonchev–Trinajstić information content (AvgIpc) is 2.45. The van der Waals surface area contributed by atoms with Crippen LogP contribution in [-0.4, -0.2) is 26.3 Å². The first-order chi connectivity index (χ1) is 9.56. The molecule has 2 N–H and O–H groups in total. The SMILES string of the molecule is CC(C)c1cc(C(=O)O)cc(NCc2cccnn2)n1. The van der Waals surface area contributed by atoms with Crippen LogP contribution in [0.5, 0.6) is 0 Å². The van der Waals surface area contributed by atoms with Crippen LogP contribution in [0.2, 0.25) is 0 Å². The van der Waals surface area contributed by atoms with Gasteiger partial charge in [0.1, 0.15) is 5.82 Å². The molecule has 0 aliphatic carbocycles. The Morgan fingerprint density at radius 3 is 2.80 bits per heavy atom. The molecular weight excluding hydrogens is 256 g/mol. The molecule has 0 saturated heterocycles. The van der Waals surface area contributed by atoms with Gasteiger partial charge in [-0.2, -0.15) is 10.2 Å². The molecule has 0 aliphatic heterocycles. The molecule has 0 amide bonds. The first-order valence-electron chi connectivity index (χ1n) is 6.32. The van der Waals surface area contributed by atoms with Crippen molar-refractivity contribution in [1.29, 1.82) is 0 Å². The third kappa shape index (κ3) is 3.50. The van der Waals surface area contributed by atoms with Gasteiger partial charge in [0.15, 0.2) is 0 Å². The number of aromatic carboxylic acids is 1. The summed E-state index contributed by atoms with van der Waals surface area (Å²) in [6, 6.07) is 6.75. The van der Waals surface area contributed by atoms with Gasteiger partial charge in [0.2, 0.25) is 0 Å². The molecule has 0 unspecified atom stereocenters. The molecule has 0 atom stereocenters. The summed E-state index contributed by atoms with van der Waals surface area (Å²) in [6.07, 6.45) is 1.60. The second-order valence-electron chi connectivity index (χ2n) is 4.69. The molecule has 0 aromatic carbocycles. The number of nitrogens with one attached hydrogen (secondary N) is 1. The van der Waals surface area contributed by atoms with E-state index in [9.17, 15) is 4.79 Å². The van der Waals surface area contributed by atoms with E-state index in [1.54, 1.807) is 18.3 Å². The quantitative estimate of drug-likeness (QED) is 0.868. The van der Waals surface area contributed by atoms with Crippen molar-refractivity contribution in [3.8, 4) is 0 Å². The zero-order valence-electron chi connectivity index (χ0n) is 11.4. The first kappa shape index (κ1) is 13.9. The van der Waals surface area contributed by atoms with E-state index in [2.05, 4.69) is 20.5 Å². The lowest BCUT2D eigenvalue weighted by molar-refractivity contribution is 0.0696. The van der Waals surface area contributed by atoms with Gasteiger partial charge >= 0.3 is 5.97 Å². The Hall–Kier alpha value is -2.50. The lowest BCUT2D eigenvalue weighted by Gasteiger charge is -2.10. The summed E-state index contributed by atoms with van der Waals surface area (Å²) in [4.78, 5) is 15.5. The Morgan fingerprint density at radius 1 is 1.40 bits per heavy atom. The highest BCUT2D eigenvalue weighted by Crippen LogP contribution is 2.18. The third-order valence-corrected chi connectivity index (χ3v) is 2.76. The molecule has 0 fully saturated rings. The fraction of sp³-hybridized carbons (Fsp3) is 0.286. The van der Waals surface area contributed by atoms with Crippen LogP contribution in [0.25, 0.3) is 0 Å². The highest BCUT2D eigenvalue weighted by molar-refractivity contribution is 5.88. The number of hydrogen-bond acceptors (Lipinski definition) is 5. The summed E-state index contributed by atoms with van der Waals surface area (Å²) in [7, 11) is 0. The first-order valence-corrected chi connectivity index (χ1v) is 6.32.